The summed E-state index contributed by atoms with van der Waals surface area (Å²) in [5, 5.41) is 5.64. The van der Waals surface area contributed by atoms with E-state index in [1.165, 1.54) is 4.90 Å². The van der Waals surface area contributed by atoms with Crippen molar-refractivity contribution in [3.8, 4) is 0 Å². The predicted octanol–water partition coefficient (Wildman–Crippen LogP) is 1.68. The van der Waals surface area contributed by atoms with Crippen LogP contribution in [0.1, 0.15) is 11.7 Å². The summed E-state index contributed by atoms with van der Waals surface area (Å²) in [6.07, 6.45) is -0.527. The molecule has 0 aliphatic carbocycles. The van der Waals surface area contributed by atoms with Crippen molar-refractivity contribution < 1.29 is 9.59 Å². The van der Waals surface area contributed by atoms with E-state index in [9.17, 15) is 9.59 Å². The van der Waals surface area contributed by atoms with Gasteiger partial charge in [0, 0.05) is 12.2 Å². The Balaban J connectivity index is 1.88. The summed E-state index contributed by atoms with van der Waals surface area (Å²) in [6, 6.07) is 17.4. The van der Waals surface area contributed by atoms with E-state index in [4.69, 9.17) is 5.73 Å². The Morgan fingerprint density at radius 1 is 1.09 bits per heavy atom. The summed E-state index contributed by atoms with van der Waals surface area (Å²) in [5.41, 5.74) is 7.20. The number of carbonyl (C=O) groups excluding carboxylic acids is 2. The first-order valence-corrected chi connectivity index (χ1v) is 7.40. The van der Waals surface area contributed by atoms with E-state index in [1.54, 1.807) is 12.1 Å². The van der Waals surface area contributed by atoms with Crippen LogP contribution < -0.4 is 16.4 Å². The fraction of sp³-hybridized carbons (Fsp3) is 0.176. The van der Waals surface area contributed by atoms with Gasteiger partial charge in [0.1, 0.15) is 12.2 Å². The number of rotatable bonds is 3. The molecule has 1 aliphatic rings. The number of hydrogen-bond donors (Lipinski definition) is 3. The molecule has 1 heterocycles. The van der Waals surface area contributed by atoms with Gasteiger partial charge in [-0.05, 0) is 17.7 Å². The lowest BCUT2D eigenvalue weighted by Crippen LogP contribution is -2.45. The van der Waals surface area contributed by atoms with Gasteiger partial charge in [-0.2, -0.15) is 0 Å². The van der Waals surface area contributed by atoms with E-state index in [2.05, 4.69) is 10.6 Å². The van der Waals surface area contributed by atoms with Crippen LogP contribution >= 0.6 is 0 Å². The molecule has 3 rings (SSSR count). The van der Waals surface area contributed by atoms with Gasteiger partial charge in [0.2, 0.25) is 5.91 Å². The van der Waals surface area contributed by atoms with Crippen LogP contribution in [-0.2, 0) is 4.79 Å². The van der Waals surface area contributed by atoms with E-state index in [0.717, 1.165) is 5.56 Å². The number of nitrogens with two attached hydrogens (primary N) is 1. The lowest BCUT2D eigenvalue weighted by atomic mass is 10.1. The van der Waals surface area contributed by atoms with Crippen LogP contribution in [0, 0.1) is 0 Å². The van der Waals surface area contributed by atoms with E-state index in [1.807, 2.05) is 48.5 Å². The Morgan fingerprint density at radius 2 is 1.70 bits per heavy atom. The molecule has 0 radical (unpaired) electrons. The lowest BCUT2D eigenvalue weighted by Gasteiger charge is -2.27. The fourth-order valence-electron chi connectivity index (χ4n) is 2.67. The maximum absolute atomic E-state index is 12.7. The molecular formula is C17H18N4O2. The topological polar surface area (TPSA) is 87.5 Å². The highest BCUT2D eigenvalue weighted by molar-refractivity contribution is 5.96. The van der Waals surface area contributed by atoms with Gasteiger partial charge in [0.05, 0.1) is 0 Å². The molecular weight excluding hydrogens is 292 g/mol. The zero-order chi connectivity index (χ0) is 16.2. The van der Waals surface area contributed by atoms with Crippen LogP contribution in [0.3, 0.4) is 0 Å². The summed E-state index contributed by atoms with van der Waals surface area (Å²) in [6.45, 7) is 0.0668. The Kier molecular flexibility index (Phi) is 4.25. The van der Waals surface area contributed by atoms with Gasteiger partial charge < -0.3 is 16.4 Å². The number of hydrogen-bond acceptors (Lipinski definition) is 3. The van der Waals surface area contributed by atoms with Gasteiger partial charge >= 0.3 is 6.03 Å². The average Bonchev–Trinajstić information content (AvgIpc) is 2.93. The molecule has 2 unspecified atom stereocenters. The molecule has 4 N–H and O–H groups in total. The summed E-state index contributed by atoms with van der Waals surface area (Å²) in [7, 11) is 0. The molecule has 6 heteroatoms. The van der Waals surface area contributed by atoms with Gasteiger partial charge in [-0.3, -0.25) is 9.69 Å². The third kappa shape index (κ3) is 3.02. The summed E-state index contributed by atoms with van der Waals surface area (Å²) in [4.78, 5) is 26.3. The Labute approximate surface area is 134 Å². The van der Waals surface area contributed by atoms with Crippen molar-refractivity contribution in [2.45, 2.75) is 12.2 Å². The minimum atomic E-state index is -0.691. The van der Waals surface area contributed by atoms with Crippen molar-refractivity contribution in [3.63, 3.8) is 0 Å². The van der Waals surface area contributed by atoms with Crippen LogP contribution in [0.5, 0.6) is 0 Å². The lowest BCUT2D eigenvalue weighted by molar-refractivity contribution is -0.121. The largest absolute Gasteiger partial charge is 0.330 e. The highest BCUT2D eigenvalue weighted by atomic mass is 16.2. The van der Waals surface area contributed by atoms with Crippen LogP contribution in [0.2, 0.25) is 0 Å². The smallest absolute Gasteiger partial charge is 0.324 e. The molecule has 1 fully saturated rings. The first kappa shape index (κ1) is 15.1. The molecule has 2 aromatic rings. The summed E-state index contributed by atoms with van der Waals surface area (Å²) >= 11 is 0. The number of amides is 3. The summed E-state index contributed by atoms with van der Waals surface area (Å²) in [5.74, 6) is -0.246. The molecule has 6 nitrogen and oxygen atoms in total. The Hall–Kier alpha value is -2.86. The molecule has 118 valence electrons. The number of urea groups is 1. The number of nitrogens with zero attached hydrogens (tertiary/aromatic N) is 1. The maximum atomic E-state index is 12.7. The van der Waals surface area contributed by atoms with Gasteiger partial charge in [0.15, 0.2) is 0 Å². The molecule has 3 amide bonds. The first-order chi connectivity index (χ1) is 11.2. The molecule has 0 aromatic heterocycles. The zero-order valence-corrected chi connectivity index (χ0v) is 12.5. The molecule has 1 saturated heterocycles. The van der Waals surface area contributed by atoms with Crippen molar-refractivity contribution >= 4 is 17.6 Å². The van der Waals surface area contributed by atoms with Crippen LogP contribution in [0.15, 0.2) is 60.7 Å². The van der Waals surface area contributed by atoms with E-state index >= 15 is 0 Å². The quantitative estimate of drug-likeness (QED) is 0.806. The number of benzene rings is 2. The van der Waals surface area contributed by atoms with Gasteiger partial charge in [-0.25, -0.2) is 4.79 Å². The number of nitrogens with one attached hydrogen (secondary N) is 2. The second-order valence-electron chi connectivity index (χ2n) is 5.28. The zero-order valence-electron chi connectivity index (χ0n) is 12.5. The second kappa shape index (κ2) is 6.50. The highest BCUT2D eigenvalue weighted by Gasteiger charge is 2.42. The molecule has 0 bridgehead atoms. The standard InChI is InChI=1S/C17H18N4O2/c18-11-14-16(22)20-15(12-7-3-1-4-8-12)21(14)17(23)19-13-9-5-2-6-10-13/h1-10,14-15H,11,18H2,(H,19,23)(H,20,22). The molecule has 23 heavy (non-hydrogen) atoms. The van der Waals surface area contributed by atoms with E-state index < -0.39 is 12.2 Å². The third-order valence-electron chi connectivity index (χ3n) is 3.79. The van der Waals surface area contributed by atoms with Crippen LogP contribution in [0.4, 0.5) is 10.5 Å². The fourth-order valence-corrected chi connectivity index (χ4v) is 2.67. The number of carbonyl (C=O) groups is 2. The van der Waals surface area contributed by atoms with Crippen LogP contribution in [-0.4, -0.2) is 29.4 Å². The maximum Gasteiger partial charge on any atom is 0.324 e. The van der Waals surface area contributed by atoms with E-state index in [-0.39, 0.29) is 18.5 Å². The van der Waals surface area contributed by atoms with Gasteiger partial charge in [-0.1, -0.05) is 48.5 Å². The summed E-state index contributed by atoms with van der Waals surface area (Å²) < 4.78 is 0. The van der Waals surface area contributed by atoms with Crippen molar-refractivity contribution in [1.82, 2.24) is 10.2 Å². The minimum Gasteiger partial charge on any atom is -0.330 e. The average molecular weight is 310 g/mol. The predicted molar refractivity (Wildman–Crippen MR) is 87.5 cm³/mol. The molecule has 0 spiro atoms. The SMILES string of the molecule is NCC1C(=O)NC(c2ccccc2)N1C(=O)Nc1ccccc1. The molecule has 0 saturated carbocycles. The first-order valence-electron chi connectivity index (χ1n) is 7.40. The molecule has 2 atom stereocenters. The molecule has 2 aromatic carbocycles. The van der Waals surface area contributed by atoms with Crippen molar-refractivity contribution in [1.29, 1.82) is 0 Å². The highest BCUT2D eigenvalue weighted by Crippen LogP contribution is 2.26. The third-order valence-corrected chi connectivity index (χ3v) is 3.79. The van der Waals surface area contributed by atoms with Crippen molar-refractivity contribution in [2.75, 3.05) is 11.9 Å². The van der Waals surface area contributed by atoms with Gasteiger partial charge in [-0.15, -0.1) is 0 Å². The Morgan fingerprint density at radius 3 is 2.30 bits per heavy atom. The second-order valence-corrected chi connectivity index (χ2v) is 5.28. The number of anilines is 1. The normalized spacial score (nSPS) is 20.2. The number of para-hydroxylation sites is 1. The molecule has 1 aliphatic heterocycles. The van der Waals surface area contributed by atoms with Crippen molar-refractivity contribution in [3.05, 3.63) is 66.2 Å². The Bertz CT molecular complexity index is 690. The monoisotopic (exact) mass is 310 g/mol. The minimum absolute atomic E-state index is 0.0668. The van der Waals surface area contributed by atoms with E-state index in [0.29, 0.717) is 5.69 Å². The van der Waals surface area contributed by atoms with Crippen molar-refractivity contribution in [2.24, 2.45) is 5.73 Å². The van der Waals surface area contributed by atoms with Gasteiger partial charge in [0.25, 0.3) is 0 Å². The van der Waals surface area contributed by atoms with Crippen LogP contribution in [0.25, 0.3) is 0 Å².